The van der Waals surface area contributed by atoms with Crippen LogP contribution < -0.4 is 0 Å². The first-order chi connectivity index (χ1) is 13.7. The number of carbonyl (C=O) groups excluding carboxylic acids is 2. The molecule has 0 aromatic heterocycles. The van der Waals surface area contributed by atoms with Gasteiger partial charge in [0, 0.05) is 7.11 Å². The molecule has 0 heterocycles. The minimum absolute atomic E-state index is 0.150. The SMILES string of the molecule is CCCCCCCCCCCCOC(=O)c1ccccc1C(=O)OCCOC. The molecule has 0 atom stereocenters. The van der Waals surface area contributed by atoms with E-state index < -0.39 is 11.9 Å². The highest BCUT2D eigenvalue weighted by Crippen LogP contribution is 2.13. The van der Waals surface area contributed by atoms with E-state index in [0.717, 1.165) is 12.8 Å². The summed E-state index contributed by atoms with van der Waals surface area (Å²) in [5, 5.41) is 0. The molecule has 1 aromatic rings. The predicted molar refractivity (Wildman–Crippen MR) is 111 cm³/mol. The van der Waals surface area contributed by atoms with E-state index in [1.165, 1.54) is 58.5 Å². The van der Waals surface area contributed by atoms with Gasteiger partial charge in [0.05, 0.1) is 24.3 Å². The van der Waals surface area contributed by atoms with Crippen LogP contribution in [0, 0.1) is 0 Å². The Balaban J connectivity index is 2.22. The Bertz CT molecular complexity index is 556. The largest absolute Gasteiger partial charge is 0.462 e. The molecule has 0 aliphatic carbocycles. The summed E-state index contributed by atoms with van der Waals surface area (Å²) in [6.07, 6.45) is 12.3. The molecule has 0 radical (unpaired) electrons. The lowest BCUT2D eigenvalue weighted by Crippen LogP contribution is -2.16. The third-order valence-electron chi connectivity index (χ3n) is 4.62. The maximum atomic E-state index is 12.3. The molecule has 0 spiro atoms. The molecule has 0 aliphatic rings. The van der Waals surface area contributed by atoms with Gasteiger partial charge < -0.3 is 14.2 Å². The first-order valence-electron chi connectivity index (χ1n) is 10.6. The van der Waals surface area contributed by atoms with Gasteiger partial charge >= 0.3 is 11.9 Å². The second-order valence-corrected chi connectivity index (χ2v) is 6.99. The summed E-state index contributed by atoms with van der Waals surface area (Å²) in [6, 6.07) is 6.58. The van der Waals surface area contributed by atoms with Crippen LogP contribution >= 0.6 is 0 Å². The van der Waals surface area contributed by atoms with Crippen LogP contribution in [0.2, 0.25) is 0 Å². The fourth-order valence-electron chi connectivity index (χ4n) is 2.97. The molecule has 1 aromatic carbocycles. The van der Waals surface area contributed by atoms with Gasteiger partial charge in [-0.1, -0.05) is 76.8 Å². The molecule has 5 heteroatoms. The molecule has 0 N–H and O–H groups in total. The monoisotopic (exact) mass is 392 g/mol. The summed E-state index contributed by atoms with van der Waals surface area (Å²) >= 11 is 0. The predicted octanol–water partition coefficient (Wildman–Crippen LogP) is 5.57. The summed E-state index contributed by atoms with van der Waals surface area (Å²) in [6.45, 7) is 3.08. The van der Waals surface area contributed by atoms with Crippen LogP contribution in [0.3, 0.4) is 0 Å². The van der Waals surface area contributed by atoms with E-state index in [2.05, 4.69) is 6.92 Å². The summed E-state index contributed by atoms with van der Waals surface area (Å²) < 4.78 is 15.3. The Morgan fingerprint density at radius 3 is 1.64 bits per heavy atom. The van der Waals surface area contributed by atoms with Crippen molar-refractivity contribution in [2.45, 2.75) is 71.1 Å². The highest BCUT2D eigenvalue weighted by molar-refractivity contribution is 6.03. The van der Waals surface area contributed by atoms with Crippen LogP contribution in [0.4, 0.5) is 0 Å². The fraction of sp³-hybridized carbons (Fsp3) is 0.652. The second kappa shape index (κ2) is 16.1. The first kappa shape index (κ1) is 24.2. The lowest BCUT2D eigenvalue weighted by atomic mass is 10.1. The number of carbonyl (C=O) groups is 2. The molecular weight excluding hydrogens is 356 g/mol. The van der Waals surface area contributed by atoms with Gasteiger partial charge in [0.15, 0.2) is 0 Å². The van der Waals surface area contributed by atoms with Crippen LogP contribution in [0.1, 0.15) is 91.8 Å². The molecule has 0 saturated heterocycles. The van der Waals surface area contributed by atoms with E-state index >= 15 is 0 Å². The van der Waals surface area contributed by atoms with E-state index in [9.17, 15) is 9.59 Å². The third kappa shape index (κ3) is 10.5. The maximum Gasteiger partial charge on any atom is 0.339 e. The van der Waals surface area contributed by atoms with Gasteiger partial charge in [-0.3, -0.25) is 0 Å². The van der Waals surface area contributed by atoms with Crippen LogP contribution in [0.5, 0.6) is 0 Å². The van der Waals surface area contributed by atoms with E-state index in [4.69, 9.17) is 14.2 Å². The average Bonchev–Trinajstić information content (AvgIpc) is 2.72. The summed E-state index contributed by atoms with van der Waals surface area (Å²) in [7, 11) is 1.53. The minimum Gasteiger partial charge on any atom is -0.462 e. The first-order valence-corrected chi connectivity index (χ1v) is 10.6. The number of esters is 2. The van der Waals surface area contributed by atoms with Crippen molar-refractivity contribution in [1.29, 1.82) is 0 Å². The summed E-state index contributed by atoms with van der Waals surface area (Å²) in [5.74, 6) is -1.02. The van der Waals surface area contributed by atoms with E-state index in [1.807, 2.05) is 0 Å². The van der Waals surface area contributed by atoms with Gasteiger partial charge in [0.1, 0.15) is 6.61 Å². The quantitative estimate of drug-likeness (QED) is 0.272. The van der Waals surface area contributed by atoms with Crippen LogP contribution in [0.25, 0.3) is 0 Å². The van der Waals surface area contributed by atoms with Gasteiger partial charge in [-0.05, 0) is 18.6 Å². The summed E-state index contributed by atoms with van der Waals surface area (Å²) in [5.41, 5.74) is 0.476. The van der Waals surface area contributed by atoms with E-state index in [0.29, 0.717) is 13.2 Å². The molecule has 0 bridgehead atoms. The maximum absolute atomic E-state index is 12.3. The van der Waals surface area contributed by atoms with Gasteiger partial charge in [-0.25, -0.2) is 9.59 Å². The number of methoxy groups -OCH3 is 1. The van der Waals surface area contributed by atoms with Crippen molar-refractivity contribution in [3.8, 4) is 0 Å². The molecule has 0 saturated carbocycles. The van der Waals surface area contributed by atoms with Crippen molar-refractivity contribution >= 4 is 11.9 Å². The van der Waals surface area contributed by atoms with Gasteiger partial charge in [0.2, 0.25) is 0 Å². The van der Waals surface area contributed by atoms with E-state index in [1.54, 1.807) is 24.3 Å². The lowest BCUT2D eigenvalue weighted by molar-refractivity contribution is 0.0372. The van der Waals surface area contributed by atoms with Crippen LogP contribution in [-0.4, -0.2) is 38.9 Å². The Labute approximate surface area is 169 Å². The van der Waals surface area contributed by atoms with Crippen molar-refractivity contribution in [2.75, 3.05) is 26.9 Å². The highest BCUT2D eigenvalue weighted by atomic mass is 16.6. The molecular formula is C23H36O5. The summed E-state index contributed by atoms with van der Waals surface area (Å²) in [4.78, 5) is 24.4. The van der Waals surface area contributed by atoms with E-state index in [-0.39, 0.29) is 17.7 Å². The minimum atomic E-state index is -0.538. The molecule has 28 heavy (non-hydrogen) atoms. The van der Waals surface area contributed by atoms with Crippen molar-refractivity contribution in [3.05, 3.63) is 35.4 Å². The van der Waals surface area contributed by atoms with Crippen LogP contribution in [-0.2, 0) is 14.2 Å². The molecule has 5 nitrogen and oxygen atoms in total. The highest BCUT2D eigenvalue weighted by Gasteiger charge is 2.18. The molecule has 0 amide bonds. The molecule has 0 aliphatic heterocycles. The average molecular weight is 393 g/mol. The van der Waals surface area contributed by atoms with Crippen molar-refractivity contribution in [2.24, 2.45) is 0 Å². The Morgan fingerprint density at radius 2 is 1.14 bits per heavy atom. The lowest BCUT2D eigenvalue weighted by Gasteiger charge is -2.09. The number of hydrogen-bond donors (Lipinski definition) is 0. The topological polar surface area (TPSA) is 61.8 Å². The number of hydrogen-bond acceptors (Lipinski definition) is 5. The van der Waals surface area contributed by atoms with Gasteiger partial charge in [-0.15, -0.1) is 0 Å². The second-order valence-electron chi connectivity index (χ2n) is 6.99. The molecule has 0 unspecified atom stereocenters. The van der Waals surface area contributed by atoms with Gasteiger partial charge in [-0.2, -0.15) is 0 Å². The molecule has 1 rings (SSSR count). The van der Waals surface area contributed by atoms with Crippen molar-refractivity contribution in [1.82, 2.24) is 0 Å². The number of unbranched alkanes of at least 4 members (excludes halogenated alkanes) is 9. The van der Waals surface area contributed by atoms with Crippen molar-refractivity contribution < 1.29 is 23.8 Å². The fourth-order valence-corrected chi connectivity index (χ4v) is 2.97. The third-order valence-corrected chi connectivity index (χ3v) is 4.62. The Hall–Kier alpha value is -1.88. The number of ether oxygens (including phenoxy) is 3. The Morgan fingerprint density at radius 1 is 0.679 bits per heavy atom. The van der Waals surface area contributed by atoms with Gasteiger partial charge in [0.25, 0.3) is 0 Å². The molecule has 158 valence electrons. The standard InChI is InChI=1S/C23H36O5/c1-3-4-5-6-7-8-9-10-11-14-17-27-22(24)20-15-12-13-16-21(20)23(25)28-19-18-26-2/h12-13,15-16H,3-11,14,17-19H2,1-2H3. The number of rotatable bonds is 16. The number of benzene rings is 1. The zero-order valence-electron chi connectivity index (χ0n) is 17.5. The molecule has 0 fully saturated rings. The Kier molecular flexibility index (Phi) is 13.9. The van der Waals surface area contributed by atoms with Crippen molar-refractivity contribution in [3.63, 3.8) is 0 Å². The zero-order chi connectivity index (χ0) is 20.5. The normalized spacial score (nSPS) is 10.6. The smallest absolute Gasteiger partial charge is 0.339 e. The van der Waals surface area contributed by atoms with Crippen LogP contribution in [0.15, 0.2) is 24.3 Å². The zero-order valence-corrected chi connectivity index (χ0v) is 17.5.